The smallest absolute Gasteiger partial charge is 0.271 e. The summed E-state index contributed by atoms with van der Waals surface area (Å²) in [6, 6.07) is 3.94. The quantitative estimate of drug-likeness (QED) is 0.477. The third-order valence-electron chi connectivity index (χ3n) is 3.43. The van der Waals surface area contributed by atoms with Crippen molar-refractivity contribution >= 4 is 34.8 Å². The maximum absolute atomic E-state index is 12.4. The first kappa shape index (κ1) is 15.1. The first-order chi connectivity index (χ1) is 9.38. The Morgan fingerprint density at radius 1 is 1.45 bits per heavy atom. The Morgan fingerprint density at radius 2 is 2.15 bits per heavy atom. The van der Waals surface area contributed by atoms with Crippen molar-refractivity contribution in [2.45, 2.75) is 18.7 Å². The monoisotopic (exact) mass is 316 g/mol. The second-order valence-corrected chi connectivity index (χ2v) is 5.99. The third kappa shape index (κ3) is 3.22. The van der Waals surface area contributed by atoms with Gasteiger partial charge in [-0.15, -0.1) is 11.6 Å². The number of nitro groups is 1. The lowest BCUT2D eigenvalue weighted by Gasteiger charge is -2.34. The fourth-order valence-corrected chi connectivity index (χ4v) is 2.69. The molecule has 0 spiro atoms. The van der Waals surface area contributed by atoms with Gasteiger partial charge < -0.3 is 4.90 Å². The van der Waals surface area contributed by atoms with Crippen LogP contribution < -0.4 is 0 Å². The van der Waals surface area contributed by atoms with E-state index in [9.17, 15) is 14.9 Å². The maximum Gasteiger partial charge on any atom is 0.271 e. The number of nitro benzene ring substituents is 1. The van der Waals surface area contributed by atoms with Crippen LogP contribution in [0.1, 0.15) is 23.7 Å². The largest absolute Gasteiger partial charge is 0.338 e. The lowest BCUT2D eigenvalue weighted by Crippen LogP contribution is -2.43. The molecule has 0 saturated carbocycles. The molecule has 1 aliphatic rings. The van der Waals surface area contributed by atoms with Crippen molar-refractivity contribution in [3.63, 3.8) is 0 Å². The van der Waals surface area contributed by atoms with E-state index in [2.05, 4.69) is 0 Å². The number of alkyl halides is 1. The number of amides is 1. The molecule has 0 bridgehead atoms. The molecule has 1 aromatic carbocycles. The molecule has 1 aromatic rings. The topological polar surface area (TPSA) is 63.5 Å². The van der Waals surface area contributed by atoms with E-state index < -0.39 is 4.92 Å². The van der Waals surface area contributed by atoms with Gasteiger partial charge in [0.05, 0.1) is 4.92 Å². The zero-order valence-electron chi connectivity index (χ0n) is 10.9. The molecule has 0 N–H and O–H groups in total. The van der Waals surface area contributed by atoms with Gasteiger partial charge in [-0.25, -0.2) is 0 Å². The molecule has 1 saturated heterocycles. The number of hydrogen-bond acceptors (Lipinski definition) is 3. The van der Waals surface area contributed by atoms with Crippen LogP contribution in [0.15, 0.2) is 18.2 Å². The normalized spacial score (nSPS) is 22.6. The average Bonchev–Trinajstić information content (AvgIpc) is 2.40. The Morgan fingerprint density at radius 3 is 2.75 bits per heavy atom. The highest BCUT2D eigenvalue weighted by Gasteiger charge is 2.28. The minimum atomic E-state index is -0.559. The van der Waals surface area contributed by atoms with Gasteiger partial charge in [-0.2, -0.15) is 0 Å². The van der Waals surface area contributed by atoms with Crippen LogP contribution in [0.25, 0.3) is 0 Å². The average molecular weight is 317 g/mol. The van der Waals surface area contributed by atoms with Crippen LogP contribution in [0, 0.1) is 16.0 Å². The second-order valence-electron chi connectivity index (χ2n) is 4.99. The van der Waals surface area contributed by atoms with Crippen LogP contribution in [0.5, 0.6) is 0 Å². The summed E-state index contributed by atoms with van der Waals surface area (Å²) >= 11 is 12.0. The van der Waals surface area contributed by atoms with E-state index in [1.165, 1.54) is 18.2 Å². The van der Waals surface area contributed by atoms with E-state index in [0.29, 0.717) is 13.1 Å². The summed E-state index contributed by atoms with van der Waals surface area (Å²) in [6.45, 7) is 3.09. The highest BCUT2D eigenvalue weighted by atomic mass is 35.5. The number of halogens is 2. The number of carbonyl (C=O) groups is 1. The lowest BCUT2D eigenvalue weighted by atomic mass is 9.99. The van der Waals surface area contributed by atoms with Gasteiger partial charge in [0.1, 0.15) is 0 Å². The minimum absolute atomic E-state index is 0.0627. The van der Waals surface area contributed by atoms with Crippen molar-refractivity contribution in [2.24, 2.45) is 5.92 Å². The SMILES string of the molecule is CC1CN(C(=O)c2cc(Cl)cc([N+](=O)[O-])c2)CCC1Cl. The van der Waals surface area contributed by atoms with Crippen molar-refractivity contribution < 1.29 is 9.72 Å². The van der Waals surface area contributed by atoms with Gasteiger partial charge in [0.25, 0.3) is 11.6 Å². The van der Waals surface area contributed by atoms with Crippen molar-refractivity contribution in [1.82, 2.24) is 4.90 Å². The number of hydrogen-bond donors (Lipinski definition) is 0. The molecule has 1 aliphatic heterocycles. The maximum atomic E-state index is 12.4. The van der Waals surface area contributed by atoms with Crippen molar-refractivity contribution in [2.75, 3.05) is 13.1 Å². The first-order valence-electron chi connectivity index (χ1n) is 6.27. The van der Waals surface area contributed by atoms with Crippen LogP contribution in [0.2, 0.25) is 5.02 Å². The first-order valence-corrected chi connectivity index (χ1v) is 7.08. The molecule has 0 aromatic heterocycles. The Kier molecular flexibility index (Phi) is 4.50. The molecular weight excluding hydrogens is 303 g/mol. The zero-order valence-corrected chi connectivity index (χ0v) is 12.4. The summed E-state index contributed by atoms with van der Waals surface area (Å²) in [4.78, 5) is 24.3. The Bertz CT molecular complexity index is 550. The van der Waals surface area contributed by atoms with Gasteiger partial charge in [0.2, 0.25) is 0 Å². The fraction of sp³-hybridized carbons (Fsp3) is 0.462. The molecule has 1 heterocycles. The van der Waals surface area contributed by atoms with Gasteiger partial charge >= 0.3 is 0 Å². The highest BCUT2D eigenvalue weighted by Crippen LogP contribution is 2.26. The molecule has 20 heavy (non-hydrogen) atoms. The van der Waals surface area contributed by atoms with Crippen LogP contribution in [0.4, 0.5) is 5.69 Å². The van der Waals surface area contributed by atoms with E-state index >= 15 is 0 Å². The molecule has 0 radical (unpaired) electrons. The van der Waals surface area contributed by atoms with Crippen molar-refractivity contribution in [3.05, 3.63) is 38.9 Å². The summed E-state index contributed by atoms with van der Waals surface area (Å²) in [6.07, 6.45) is 0.719. The molecular formula is C13H14Cl2N2O3. The number of likely N-dealkylation sites (tertiary alicyclic amines) is 1. The second kappa shape index (κ2) is 5.97. The number of non-ortho nitro benzene ring substituents is 1. The van der Waals surface area contributed by atoms with Gasteiger partial charge in [0, 0.05) is 41.2 Å². The molecule has 2 unspecified atom stereocenters. The summed E-state index contributed by atoms with van der Waals surface area (Å²) in [5.41, 5.74) is 0.0607. The van der Waals surface area contributed by atoms with Gasteiger partial charge in [0.15, 0.2) is 0 Å². The lowest BCUT2D eigenvalue weighted by molar-refractivity contribution is -0.384. The predicted molar refractivity (Wildman–Crippen MR) is 77.4 cm³/mol. The van der Waals surface area contributed by atoms with Gasteiger partial charge in [-0.3, -0.25) is 14.9 Å². The number of carbonyl (C=O) groups excluding carboxylic acids is 1. The van der Waals surface area contributed by atoms with E-state index in [1.807, 2.05) is 6.92 Å². The van der Waals surface area contributed by atoms with Crippen molar-refractivity contribution in [1.29, 1.82) is 0 Å². The van der Waals surface area contributed by atoms with Crippen LogP contribution in [-0.4, -0.2) is 34.2 Å². The summed E-state index contributed by atoms with van der Waals surface area (Å²) < 4.78 is 0. The summed E-state index contributed by atoms with van der Waals surface area (Å²) in [7, 11) is 0. The molecule has 2 rings (SSSR count). The van der Waals surface area contributed by atoms with E-state index in [0.717, 1.165) is 6.42 Å². The predicted octanol–water partition coefficient (Wildman–Crippen LogP) is 3.34. The number of rotatable bonds is 2. The molecule has 108 valence electrons. The van der Waals surface area contributed by atoms with E-state index in [1.54, 1.807) is 4.90 Å². The van der Waals surface area contributed by atoms with Crippen molar-refractivity contribution in [3.8, 4) is 0 Å². The molecule has 2 atom stereocenters. The molecule has 5 nitrogen and oxygen atoms in total. The molecule has 7 heteroatoms. The van der Waals surface area contributed by atoms with Crippen LogP contribution in [0.3, 0.4) is 0 Å². The Labute approximate surface area is 126 Å². The van der Waals surface area contributed by atoms with E-state index in [-0.39, 0.29) is 33.5 Å². The number of piperidine rings is 1. The molecule has 0 aliphatic carbocycles. The van der Waals surface area contributed by atoms with Crippen LogP contribution >= 0.6 is 23.2 Å². The zero-order chi connectivity index (χ0) is 14.9. The standard InChI is InChI=1S/C13H14Cl2N2O3/c1-8-7-16(3-2-12(8)15)13(18)9-4-10(14)6-11(5-9)17(19)20/h4-6,8,12H,2-3,7H2,1H3. The Hall–Kier alpha value is -1.33. The summed E-state index contributed by atoms with van der Waals surface area (Å²) in [5, 5.41) is 11.0. The number of benzene rings is 1. The molecule has 1 fully saturated rings. The van der Waals surface area contributed by atoms with Crippen LogP contribution in [-0.2, 0) is 0 Å². The third-order valence-corrected chi connectivity index (χ3v) is 4.29. The molecule has 1 amide bonds. The van der Waals surface area contributed by atoms with E-state index in [4.69, 9.17) is 23.2 Å². The highest BCUT2D eigenvalue weighted by molar-refractivity contribution is 6.31. The fourth-order valence-electron chi connectivity index (χ4n) is 2.29. The Balaban J connectivity index is 2.23. The minimum Gasteiger partial charge on any atom is -0.338 e. The van der Waals surface area contributed by atoms with Gasteiger partial charge in [-0.1, -0.05) is 18.5 Å². The summed E-state index contributed by atoms with van der Waals surface area (Å²) in [5.74, 6) is -0.0467. The number of nitrogens with zero attached hydrogens (tertiary/aromatic N) is 2. The van der Waals surface area contributed by atoms with Gasteiger partial charge in [-0.05, 0) is 18.4 Å².